The van der Waals surface area contributed by atoms with Crippen molar-refractivity contribution in [1.29, 1.82) is 0 Å². The van der Waals surface area contributed by atoms with Crippen LogP contribution in [0.25, 0.3) is 10.9 Å². The topological polar surface area (TPSA) is 104 Å². The molecule has 4 rings (SSSR count). The Morgan fingerprint density at radius 2 is 1.84 bits per heavy atom. The van der Waals surface area contributed by atoms with Crippen molar-refractivity contribution in [2.45, 2.75) is 0 Å². The van der Waals surface area contributed by atoms with Crippen LogP contribution in [-0.4, -0.2) is 23.7 Å². The maximum Gasteiger partial charge on any atom is 0.337 e. The summed E-state index contributed by atoms with van der Waals surface area (Å²) in [5, 5.41) is 3.38. The molecule has 0 spiro atoms. The van der Waals surface area contributed by atoms with E-state index in [1.807, 2.05) is 24.3 Å². The summed E-state index contributed by atoms with van der Waals surface area (Å²) in [6.45, 7) is 0.158. The van der Waals surface area contributed by atoms with Crippen LogP contribution in [0.15, 0.2) is 48.7 Å². The zero-order valence-corrected chi connectivity index (χ0v) is 13.0. The predicted molar refractivity (Wildman–Crippen MR) is 90.5 cm³/mol. The van der Waals surface area contributed by atoms with Crippen molar-refractivity contribution < 1.29 is 19.1 Å². The second-order valence-corrected chi connectivity index (χ2v) is 5.35. The van der Waals surface area contributed by atoms with Crippen molar-refractivity contribution in [3.63, 3.8) is 0 Å². The Balaban J connectivity index is 1.37. The highest BCUT2D eigenvalue weighted by atomic mass is 16.7. The van der Waals surface area contributed by atoms with Crippen molar-refractivity contribution in [2.75, 3.05) is 12.1 Å². The number of rotatable bonds is 2. The molecule has 4 N–H and O–H groups in total. The van der Waals surface area contributed by atoms with Crippen molar-refractivity contribution >= 4 is 28.5 Å². The third-order valence-electron chi connectivity index (χ3n) is 3.75. The number of aromatic nitrogens is 1. The average molecular weight is 338 g/mol. The number of nitrogens with one attached hydrogen (secondary N) is 4. The number of ether oxygens (including phenoxy) is 2. The minimum atomic E-state index is -0.577. The van der Waals surface area contributed by atoms with Gasteiger partial charge in [0.15, 0.2) is 11.5 Å². The fourth-order valence-corrected chi connectivity index (χ4v) is 2.58. The first-order chi connectivity index (χ1) is 12.2. The van der Waals surface area contributed by atoms with E-state index in [9.17, 15) is 9.59 Å². The quantitative estimate of drug-likeness (QED) is 0.538. The SMILES string of the molecule is O=C(NNC(=O)c1c[nH]c2ccccc12)Nc1ccc2c(c1)OCO2. The fraction of sp³-hybridized carbons (Fsp3) is 0.0588. The van der Waals surface area contributed by atoms with Crippen LogP contribution in [0, 0.1) is 0 Å². The highest BCUT2D eigenvalue weighted by Crippen LogP contribution is 2.34. The number of benzene rings is 2. The van der Waals surface area contributed by atoms with Crippen LogP contribution in [0.1, 0.15) is 10.4 Å². The van der Waals surface area contributed by atoms with Gasteiger partial charge in [-0.3, -0.25) is 10.2 Å². The first kappa shape index (κ1) is 14.9. The summed E-state index contributed by atoms with van der Waals surface area (Å²) in [5.74, 6) is 0.762. The molecule has 126 valence electrons. The maximum absolute atomic E-state index is 12.2. The number of para-hydroxylation sites is 1. The van der Waals surface area contributed by atoms with Gasteiger partial charge in [-0.15, -0.1) is 0 Å². The van der Waals surface area contributed by atoms with Crippen molar-refractivity contribution in [1.82, 2.24) is 15.8 Å². The fourth-order valence-electron chi connectivity index (χ4n) is 2.58. The molecule has 1 aliphatic rings. The molecule has 2 heterocycles. The molecule has 1 aromatic heterocycles. The van der Waals surface area contributed by atoms with E-state index < -0.39 is 11.9 Å². The van der Waals surface area contributed by atoms with E-state index in [1.54, 1.807) is 24.4 Å². The van der Waals surface area contributed by atoms with Gasteiger partial charge in [0.25, 0.3) is 5.91 Å². The monoisotopic (exact) mass is 338 g/mol. The molecule has 8 nitrogen and oxygen atoms in total. The van der Waals surface area contributed by atoms with Crippen molar-refractivity contribution in [3.8, 4) is 11.5 Å². The Kier molecular flexibility index (Phi) is 3.62. The Morgan fingerprint density at radius 3 is 2.76 bits per heavy atom. The lowest BCUT2D eigenvalue weighted by atomic mass is 10.2. The van der Waals surface area contributed by atoms with Gasteiger partial charge in [0.2, 0.25) is 6.79 Å². The summed E-state index contributed by atoms with van der Waals surface area (Å²) in [6, 6.07) is 11.8. The molecule has 3 amide bonds. The molecule has 0 fully saturated rings. The first-order valence-corrected chi connectivity index (χ1v) is 7.54. The van der Waals surface area contributed by atoms with E-state index in [4.69, 9.17) is 9.47 Å². The van der Waals surface area contributed by atoms with Gasteiger partial charge in [-0.25, -0.2) is 10.2 Å². The van der Waals surface area contributed by atoms with Gasteiger partial charge in [-0.05, 0) is 18.2 Å². The Hall–Kier alpha value is -3.68. The molecule has 0 saturated heterocycles. The lowest BCUT2D eigenvalue weighted by Crippen LogP contribution is -2.43. The van der Waals surface area contributed by atoms with Gasteiger partial charge in [-0.2, -0.15) is 0 Å². The zero-order valence-electron chi connectivity index (χ0n) is 13.0. The molecule has 0 unspecified atom stereocenters. The molecule has 0 radical (unpaired) electrons. The Bertz CT molecular complexity index is 966. The number of hydrogen-bond donors (Lipinski definition) is 4. The summed E-state index contributed by atoms with van der Waals surface area (Å²) >= 11 is 0. The third-order valence-corrected chi connectivity index (χ3v) is 3.75. The highest BCUT2D eigenvalue weighted by molar-refractivity contribution is 6.07. The molecular formula is C17H14N4O4. The summed E-state index contributed by atoms with van der Waals surface area (Å²) in [5.41, 5.74) is 6.49. The van der Waals surface area contributed by atoms with Crippen LogP contribution in [0.5, 0.6) is 11.5 Å². The lowest BCUT2D eigenvalue weighted by Gasteiger charge is -2.09. The predicted octanol–water partition coefficient (Wildman–Crippen LogP) is 2.36. The highest BCUT2D eigenvalue weighted by Gasteiger charge is 2.15. The van der Waals surface area contributed by atoms with Crippen LogP contribution in [0.4, 0.5) is 10.5 Å². The van der Waals surface area contributed by atoms with Gasteiger partial charge in [0, 0.05) is 28.9 Å². The summed E-state index contributed by atoms with van der Waals surface area (Å²) in [4.78, 5) is 27.2. The lowest BCUT2D eigenvalue weighted by molar-refractivity contribution is 0.0939. The number of aromatic amines is 1. The maximum atomic E-state index is 12.2. The number of anilines is 1. The number of carbonyl (C=O) groups excluding carboxylic acids is 2. The summed E-state index contributed by atoms with van der Waals surface area (Å²) in [7, 11) is 0. The number of hydrazine groups is 1. The molecule has 0 atom stereocenters. The number of amides is 3. The Morgan fingerprint density at radius 1 is 1.00 bits per heavy atom. The van der Waals surface area contributed by atoms with E-state index in [0.29, 0.717) is 22.7 Å². The number of hydrogen-bond acceptors (Lipinski definition) is 4. The molecule has 1 aliphatic heterocycles. The second kappa shape index (κ2) is 6.08. The van der Waals surface area contributed by atoms with Crippen LogP contribution in [0.2, 0.25) is 0 Å². The van der Waals surface area contributed by atoms with Gasteiger partial charge < -0.3 is 19.8 Å². The minimum Gasteiger partial charge on any atom is -0.454 e. The number of urea groups is 1. The largest absolute Gasteiger partial charge is 0.454 e. The summed E-state index contributed by atoms with van der Waals surface area (Å²) < 4.78 is 10.4. The molecule has 2 aromatic carbocycles. The second-order valence-electron chi connectivity index (χ2n) is 5.35. The van der Waals surface area contributed by atoms with Gasteiger partial charge >= 0.3 is 6.03 Å². The van der Waals surface area contributed by atoms with Gasteiger partial charge in [0.1, 0.15) is 0 Å². The van der Waals surface area contributed by atoms with Crippen LogP contribution in [0.3, 0.4) is 0 Å². The van der Waals surface area contributed by atoms with E-state index in [-0.39, 0.29) is 6.79 Å². The van der Waals surface area contributed by atoms with E-state index in [2.05, 4.69) is 21.2 Å². The molecule has 25 heavy (non-hydrogen) atoms. The summed E-state index contributed by atoms with van der Waals surface area (Å²) in [6.07, 6.45) is 1.59. The van der Waals surface area contributed by atoms with Crippen LogP contribution >= 0.6 is 0 Å². The van der Waals surface area contributed by atoms with E-state index in [0.717, 1.165) is 10.9 Å². The number of carbonyl (C=O) groups is 2. The van der Waals surface area contributed by atoms with Crippen LogP contribution in [-0.2, 0) is 0 Å². The average Bonchev–Trinajstić information content (AvgIpc) is 3.26. The van der Waals surface area contributed by atoms with E-state index >= 15 is 0 Å². The number of fused-ring (bicyclic) bond motifs is 2. The first-order valence-electron chi connectivity index (χ1n) is 7.54. The van der Waals surface area contributed by atoms with E-state index in [1.165, 1.54) is 0 Å². The third kappa shape index (κ3) is 2.92. The molecule has 0 saturated carbocycles. The molecule has 0 bridgehead atoms. The zero-order chi connectivity index (χ0) is 17.2. The van der Waals surface area contributed by atoms with Gasteiger partial charge in [0.05, 0.1) is 5.56 Å². The molecular weight excluding hydrogens is 324 g/mol. The molecule has 0 aliphatic carbocycles. The standard InChI is InChI=1S/C17H14N4O4/c22-16(12-8-18-13-4-2-1-3-11(12)13)20-21-17(23)19-10-5-6-14-15(7-10)25-9-24-14/h1-8,18H,9H2,(H,20,22)(H2,19,21,23). The van der Waals surface area contributed by atoms with Gasteiger partial charge in [-0.1, -0.05) is 18.2 Å². The minimum absolute atomic E-state index is 0.158. The molecule has 3 aromatic rings. The van der Waals surface area contributed by atoms with Crippen LogP contribution < -0.4 is 25.6 Å². The number of H-pyrrole nitrogens is 1. The smallest absolute Gasteiger partial charge is 0.337 e. The normalized spacial score (nSPS) is 12.0. The van der Waals surface area contributed by atoms with Crippen molar-refractivity contribution in [2.24, 2.45) is 0 Å². The Labute approximate surface area is 142 Å². The molecule has 8 heteroatoms. The van der Waals surface area contributed by atoms with Crippen molar-refractivity contribution in [3.05, 3.63) is 54.2 Å².